The summed E-state index contributed by atoms with van der Waals surface area (Å²) in [6.45, 7) is 5.82. The van der Waals surface area contributed by atoms with Crippen LogP contribution >= 0.6 is 34.0 Å². The fourth-order valence-corrected chi connectivity index (χ4v) is 9.29. The fourth-order valence-electron chi connectivity index (χ4n) is 7.00. The van der Waals surface area contributed by atoms with Crippen LogP contribution in [0.4, 0.5) is 87.7 Å². The van der Waals surface area contributed by atoms with Gasteiger partial charge in [0.1, 0.15) is 5.69 Å². The summed E-state index contributed by atoms with van der Waals surface area (Å²) in [5.41, 5.74) is 7.64. The average molecular weight is 1070 g/mol. The Labute approximate surface area is 408 Å². The number of anilines is 6. The molecule has 382 valence electrons. The van der Waals surface area contributed by atoms with Crippen molar-refractivity contribution in [3.05, 3.63) is 114 Å². The summed E-state index contributed by atoms with van der Waals surface area (Å²) >= 11 is 1.71. The van der Waals surface area contributed by atoms with Crippen molar-refractivity contribution in [3.63, 3.8) is 0 Å². The third-order valence-electron chi connectivity index (χ3n) is 10.4. The van der Waals surface area contributed by atoms with Crippen molar-refractivity contribution in [3.8, 4) is 0 Å². The van der Waals surface area contributed by atoms with Gasteiger partial charge in [-0.2, -0.15) is 43.9 Å². The van der Waals surface area contributed by atoms with E-state index >= 15 is 0 Å². The number of hydrogen-bond acceptors (Lipinski definition) is 19. The van der Waals surface area contributed by atoms with E-state index in [-0.39, 0.29) is 10.8 Å². The zero-order valence-corrected chi connectivity index (χ0v) is 39.1. The molecule has 6 aromatic rings. The molecule has 3 fully saturated rings. The number of piperidine rings is 1. The van der Waals surface area contributed by atoms with E-state index in [0.717, 1.165) is 50.2 Å². The highest BCUT2D eigenvalue weighted by molar-refractivity contribution is 7.16. The summed E-state index contributed by atoms with van der Waals surface area (Å²) < 4.78 is 125. The van der Waals surface area contributed by atoms with Gasteiger partial charge in [0.25, 0.3) is 5.69 Å². The van der Waals surface area contributed by atoms with Crippen LogP contribution in [0.15, 0.2) is 72.8 Å². The molecule has 0 amide bonds. The van der Waals surface area contributed by atoms with E-state index in [0.29, 0.717) is 108 Å². The first-order valence-corrected chi connectivity index (χ1v) is 23.5. The predicted octanol–water partition coefficient (Wildman–Crippen LogP) is 9.54. The van der Waals surface area contributed by atoms with Crippen molar-refractivity contribution in [2.45, 2.75) is 37.8 Å². The Kier molecular flexibility index (Phi) is 17.7. The number of nitrogen functional groups attached to an aromatic ring is 1. The van der Waals surface area contributed by atoms with Crippen molar-refractivity contribution in [1.82, 2.24) is 30.6 Å². The molecule has 0 atom stereocenters. The quantitative estimate of drug-likeness (QED) is 0.0684. The van der Waals surface area contributed by atoms with Gasteiger partial charge in [0.15, 0.2) is 0 Å². The molecule has 31 heteroatoms. The molecule has 2 N–H and O–H groups in total. The highest BCUT2D eigenvalue weighted by Gasteiger charge is 2.39. The normalized spacial score (nSPS) is 15.4. The second-order valence-electron chi connectivity index (χ2n) is 15.2. The van der Waals surface area contributed by atoms with Crippen molar-refractivity contribution >= 4 is 77.8 Å². The van der Waals surface area contributed by atoms with Crippen LogP contribution in [0.2, 0.25) is 0 Å². The number of rotatable bonds is 7. The maximum atomic E-state index is 12.6. The number of benzene rings is 3. The van der Waals surface area contributed by atoms with Crippen LogP contribution in [0.25, 0.3) is 0 Å². The Morgan fingerprint density at radius 2 is 0.789 bits per heavy atom. The summed E-state index contributed by atoms with van der Waals surface area (Å²) in [5.74, 6) is -0.799. The van der Waals surface area contributed by atoms with Crippen LogP contribution in [-0.2, 0) is 18.5 Å². The standard InChI is InChI=1S/C13H12F3N5O2S.C13H14F3N5S.C8H10F3N3S.C6H4FNO2/c14-13(15,16)11-17-18-12(24-11)20-7-5-19(6-8-20)9-3-1-2-4-10(9)21(22)23;14-13(15,16)11-18-19-12(22-11)21-7-5-20(6-8-21)10-4-2-1-3-9(10)17;9-8(10,11)6-12-13-7(15-6)14-4-2-1-3-5-14;7-5-3-1-2-4-6(5)8(9)10/h1-4H,5-8H2;1-4H,5-8,17H2;1-5H2;1-4H. The Morgan fingerprint density at radius 3 is 1.15 bits per heavy atom. The zero-order chi connectivity index (χ0) is 51.5. The number of nitro benzene ring substituents is 2. The number of para-hydroxylation sites is 5. The SMILES string of the molecule is FC(F)(F)c1nnc(N2CCCCC2)s1.Nc1ccccc1N1CCN(c2nnc(C(F)(F)F)s2)CC1.O=[N+]([O-])c1ccccc1F.O=[N+]([O-])c1ccccc1N1CCN(c2nnc(C(F)(F)F)s2)CC1. The second kappa shape index (κ2) is 23.4. The van der Waals surface area contributed by atoms with Crippen molar-refractivity contribution in [2.75, 3.05) is 95.7 Å². The summed E-state index contributed by atoms with van der Waals surface area (Å²) in [7, 11) is 0. The number of hydrogen-bond donors (Lipinski definition) is 1. The minimum Gasteiger partial charge on any atom is -0.397 e. The Bertz CT molecular complexity index is 2680. The Morgan fingerprint density at radius 1 is 0.451 bits per heavy atom. The molecule has 0 saturated carbocycles. The van der Waals surface area contributed by atoms with E-state index in [9.17, 15) is 64.1 Å². The molecule has 0 spiro atoms. The van der Waals surface area contributed by atoms with Gasteiger partial charge in [-0.15, -0.1) is 30.6 Å². The van der Waals surface area contributed by atoms with Gasteiger partial charge in [0, 0.05) is 77.6 Å². The number of alkyl halides is 9. The zero-order valence-electron chi connectivity index (χ0n) is 36.6. The lowest BCUT2D eigenvalue weighted by Gasteiger charge is -2.36. The number of piperazine rings is 2. The van der Waals surface area contributed by atoms with Crippen LogP contribution in [0, 0.1) is 26.0 Å². The van der Waals surface area contributed by atoms with Crippen LogP contribution in [0.5, 0.6) is 0 Å². The summed E-state index contributed by atoms with van der Waals surface area (Å²) in [6, 6.07) is 19.0. The smallest absolute Gasteiger partial charge is 0.397 e. The molecule has 0 unspecified atom stereocenters. The van der Waals surface area contributed by atoms with Crippen LogP contribution in [0.3, 0.4) is 0 Å². The monoisotopic (exact) mass is 1070 g/mol. The number of nitrogens with zero attached hydrogens (tertiary/aromatic N) is 13. The van der Waals surface area contributed by atoms with E-state index in [1.807, 2.05) is 39.0 Å². The molecule has 0 radical (unpaired) electrons. The molecule has 3 saturated heterocycles. The minimum absolute atomic E-state index is 0.0150. The molecule has 9 rings (SSSR count). The number of aromatic nitrogens is 6. The molecule has 71 heavy (non-hydrogen) atoms. The first-order valence-electron chi connectivity index (χ1n) is 21.0. The van der Waals surface area contributed by atoms with Gasteiger partial charge in [-0.1, -0.05) is 70.4 Å². The number of nitrogens with two attached hydrogens (primary N) is 1. The van der Waals surface area contributed by atoms with E-state index in [2.05, 4.69) is 35.5 Å². The Balaban J connectivity index is 0.000000162. The molecule has 3 aliphatic heterocycles. The van der Waals surface area contributed by atoms with Gasteiger partial charge >= 0.3 is 24.2 Å². The summed E-state index contributed by atoms with van der Waals surface area (Å²) in [4.78, 5) is 29.3. The van der Waals surface area contributed by atoms with Gasteiger partial charge in [-0.3, -0.25) is 20.2 Å². The van der Waals surface area contributed by atoms with Crippen molar-refractivity contribution in [2.24, 2.45) is 0 Å². The van der Waals surface area contributed by atoms with Gasteiger partial charge < -0.3 is 30.2 Å². The second-order valence-corrected chi connectivity index (χ2v) is 18.0. The number of halogens is 10. The molecular formula is C40H40F10N14O4S3. The predicted molar refractivity (Wildman–Crippen MR) is 247 cm³/mol. The van der Waals surface area contributed by atoms with Crippen molar-refractivity contribution in [1.29, 1.82) is 0 Å². The van der Waals surface area contributed by atoms with E-state index in [1.54, 1.807) is 23.1 Å². The van der Waals surface area contributed by atoms with Crippen LogP contribution < -0.4 is 30.2 Å². The molecule has 3 aliphatic rings. The maximum absolute atomic E-state index is 12.6. The molecule has 0 bridgehead atoms. The van der Waals surface area contributed by atoms with Gasteiger partial charge in [0.05, 0.1) is 21.2 Å². The molecule has 3 aromatic carbocycles. The maximum Gasteiger partial charge on any atom is 0.445 e. The molecule has 6 heterocycles. The third-order valence-corrected chi connectivity index (χ3v) is 13.5. The molecule has 0 aliphatic carbocycles. The minimum atomic E-state index is -4.50. The lowest BCUT2D eigenvalue weighted by Crippen LogP contribution is -2.46. The highest BCUT2D eigenvalue weighted by atomic mass is 32.1. The largest absolute Gasteiger partial charge is 0.445 e. The summed E-state index contributed by atoms with van der Waals surface area (Å²) in [5, 5.41) is 39.7. The lowest BCUT2D eigenvalue weighted by molar-refractivity contribution is -0.387. The summed E-state index contributed by atoms with van der Waals surface area (Å²) in [6.07, 6.45) is -10.1. The van der Waals surface area contributed by atoms with Gasteiger partial charge in [0.2, 0.25) is 36.2 Å². The third kappa shape index (κ3) is 14.6. The highest BCUT2D eigenvalue weighted by Crippen LogP contribution is 2.38. The first kappa shape index (κ1) is 53.6. The topological polar surface area (TPSA) is 206 Å². The molecule has 18 nitrogen and oxygen atoms in total. The van der Waals surface area contributed by atoms with Gasteiger partial charge in [-0.05, 0) is 43.5 Å². The molecular weight excluding hydrogens is 1030 g/mol. The van der Waals surface area contributed by atoms with E-state index in [4.69, 9.17) is 5.73 Å². The lowest BCUT2D eigenvalue weighted by atomic mass is 10.1. The number of nitro groups is 2. The Hall–Kier alpha value is -6.76. The fraction of sp³-hybridized carbons (Fsp3) is 0.400. The molecule has 3 aromatic heterocycles. The van der Waals surface area contributed by atoms with Crippen LogP contribution in [0.1, 0.15) is 34.3 Å². The van der Waals surface area contributed by atoms with Crippen molar-refractivity contribution < 1.29 is 53.8 Å². The van der Waals surface area contributed by atoms with Crippen LogP contribution in [-0.4, -0.2) is 106 Å². The van der Waals surface area contributed by atoms with E-state index < -0.39 is 54.9 Å². The van der Waals surface area contributed by atoms with Gasteiger partial charge in [-0.25, -0.2) is 0 Å². The van der Waals surface area contributed by atoms with E-state index in [1.165, 1.54) is 18.2 Å². The average Bonchev–Trinajstić information content (AvgIpc) is 4.16. The first-order chi connectivity index (χ1) is 33.6.